The minimum atomic E-state index is -3.64. The van der Waals surface area contributed by atoms with Crippen LogP contribution < -0.4 is 9.62 Å². The van der Waals surface area contributed by atoms with Gasteiger partial charge < -0.3 is 4.90 Å². The third-order valence-electron chi connectivity index (χ3n) is 4.41. The quantitative estimate of drug-likeness (QED) is 0.635. The molecule has 1 N–H and O–H groups in total. The number of hydrogen-bond acceptors (Lipinski definition) is 4. The van der Waals surface area contributed by atoms with Gasteiger partial charge in [-0.25, -0.2) is 13.4 Å². The van der Waals surface area contributed by atoms with E-state index in [9.17, 15) is 8.42 Å². The van der Waals surface area contributed by atoms with Gasteiger partial charge in [0.2, 0.25) is 0 Å². The lowest BCUT2D eigenvalue weighted by Crippen LogP contribution is -2.30. The molecule has 2 aromatic carbocycles. The van der Waals surface area contributed by atoms with E-state index in [2.05, 4.69) is 40.6 Å². The highest BCUT2D eigenvalue weighted by atomic mass is 32.2. The summed E-state index contributed by atoms with van der Waals surface area (Å²) in [5.74, 6) is 0.803. The van der Waals surface area contributed by atoms with Crippen LogP contribution in [0, 0.1) is 6.92 Å². The highest BCUT2D eigenvalue weighted by molar-refractivity contribution is 7.92. The van der Waals surface area contributed by atoms with Crippen LogP contribution in [0.2, 0.25) is 0 Å². The van der Waals surface area contributed by atoms with Crippen LogP contribution in [0.3, 0.4) is 0 Å². The smallest absolute Gasteiger partial charge is 0.261 e. The zero-order valence-electron chi connectivity index (χ0n) is 16.3. The monoisotopic (exact) mass is 395 g/mol. The fourth-order valence-electron chi connectivity index (χ4n) is 2.92. The van der Waals surface area contributed by atoms with Crippen LogP contribution in [0.4, 0.5) is 11.5 Å². The summed E-state index contributed by atoms with van der Waals surface area (Å²) in [6.07, 6.45) is 1.56. The predicted octanol–water partition coefficient (Wildman–Crippen LogP) is 4.61. The Morgan fingerprint density at radius 1 is 1.00 bits per heavy atom. The van der Waals surface area contributed by atoms with E-state index in [1.165, 1.54) is 5.56 Å². The maximum atomic E-state index is 12.6. The van der Waals surface area contributed by atoms with Gasteiger partial charge in [0, 0.05) is 12.6 Å². The van der Waals surface area contributed by atoms with Crippen molar-refractivity contribution in [1.29, 1.82) is 0 Å². The second-order valence-corrected chi connectivity index (χ2v) is 8.72. The summed E-state index contributed by atoms with van der Waals surface area (Å²) in [6, 6.07) is 20.9. The third-order valence-corrected chi connectivity index (χ3v) is 5.79. The predicted molar refractivity (Wildman–Crippen MR) is 114 cm³/mol. The van der Waals surface area contributed by atoms with Gasteiger partial charge in [-0.05, 0) is 56.2 Å². The summed E-state index contributed by atoms with van der Waals surface area (Å²) in [5.41, 5.74) is 2.53. The van der Waals surface area contributed by atoms with Crippen LogP contribution in [-0.4, -0.2) is 19.4 Å². The summed E-state index contributed by atoms with van der Waals surface area (Å²) in [5, 5.41) is 0. The van der Waals surface area contributed by atoms with Gasteiger partial charge in [-0.3, -0.25) is 4.72 Å². The van der Waals surface area contributed by atoms with E-state index in [4.69, 9.17) is 0 Å². The zero-order valence-corrected chi connectivity index (χ0v) is 17.1. The van der Waals surface area contributed by atoms with Gasteiger partial charge in [-0.15, -0.1) is 0 Å². The second-order valence-electron chi connectivity index (χ2n) is 7.03. The number of hydrogen-bond donors (Lipinski definition) is 1. The summed E-state index contributed by atoms with van der Waals surface area (Å²) < 4.78 is 27.7. The molecule has 0 amide bonds. The van der Waals surface area contributed by atoms with Crippen LogP contribution in [0.15, 0.2) is 77.8 Å². The van der Waals surface area contributed by atoms with Gasteiger partial charge in [0.25, 0.3) is 10.0 Å². The van der Waals surface area contributed by atoms with Crippen molar-refractivity contribution in [3.05, 3.63) is 84.1 Å². The number of benzene rings is 2. The van der Waals surface area contributed by atoms with Crippen molar-refractivity contribution < 1.29 is 8.42 Å². The lowest BCUT2D eigenvalue weighted by molar-refractivity contribution is 0.601. The number of nitrogens with one attached hydrogen (secondary N) is 1. The van der Waals surface area contributed by atoms with Crippen molar-refractivity contribution in [2.45, 2.75) is 38.3 Å². The van der Waals surface area contributed by atoms with Gasteiger partial charge >= 0.3 is 0 Å². The molecule has 0 radical (unpaired) electrons. The number of aryl methyl sites for hydroxylation is 1. The van der Waals surface area contributed by atoms with Crippen molar-refractivity contribution in [3.63, 3.8) is 0 Å². The molecule has 0 atom stereocenters. The number of sulfonamides is 1. The van der Waals surface area contributed by atoms with E-state index in [1.54, 1.807) is 30.5 Å². The molecule has 0 aliphatic carbocycles. The first kappa shape index (κ1) is 19.9. The summed E-state index contributed by atoms with van der Waals surface area (Å²) in [4.78, 5) is 6.91. The topological polar surface area (TPSA) is 62.3 Å². The fraction of sp³-hybridized carbons (Fsp3) is 0.227. The van der Waals surface area contributed by atoms with E-state index in [1.807, 2.05) is 37.3 Å². The summed E-state index contributed by atoms with van der Waals surface area (Å²) in [6.45, 7) is 6.82. The van der Waals surface area contributed by atoms with Crippen molar-refractivity contribution in [1.82, 2.24) is 4.98 Å². The Hall–Kier alpha value is -2.86. The average molecular weight is 396 g/mol. The molecular weight excluding hydrogens is 370 g/mol. The highest BCUT2D eigenvalue weighted by Crippen LogP contribution is 2.21. The molecule has 0 spiro atoms. The fourth-order valence-corrected chi connectivity index (χ4v) is 4.07. The largest absolute Gasteiger partial charge is 0.350 e. The molecule has 0 aliphatic heterocycles. The summed E-state index contributed by atoms with van der Waals surface area (Å²) in [7, 11) is -3.64. The molecule has 1 aromatic heterocycles. The maximum absolute atomic E-state index is 12.6. The molecular formula is C22H25N3O2S. The standard InChI is InChI=1S/C22H25N3O2S/c1-17(2)25(16-19-9-5-4-6-10-19)22-13-12-20(15-23-22)24-28(26,27)21-11-7-8-18(3)14-21/h4-15,17,24H,16H2,1-3H3. The number of pyridine rings is 1. The normalized spacial score (nSPS) is 11.4. The van der Waals surface area contributed by atoms with Crippen LogP contribution in [-0.2, 0) is 16.6 Å². The first-order valence-electron chi connectivity index (χ1n) is 9.21. The molecule has 0 unspecified atom stereocenters. The molecule has 0 saturated carbocycles. The van der Waals surface area contributed by atoms with E-state index >= 15 is 0 Å². The minimum absolute atomic E-state index is 0.240. The summed E-state index contributed by atoms with van der Waals surface area (Å²) >= 11 is 0. The third kappa shape index (κ3) is 4.89. The van der Waals surface area contributed by atoms with Crippen molar-refractivity contribution in [2.24, 2.45) is 0 Å². The number of rotatable bonds is 7. The first-order chi connectivity index (χ1) is 13.3. The van der Waals surface area contributed by atoms with Crippen LogP contribution >= 0.6 is 0 Å². The second kappa shape index (κ2) is 8.44. The van der Waals surface area contributed by atoms with Crippen molar-refractivity contribution in [3.8, 4) is 0 Å². The number of aromatic nitrogens is 1. The molecule has 146 valence electrons. The van der Waals surface area contributed by atoms with Gasteiger partial charge in [-0.1, -0.05) is 42.5 Å². The lowest BCUT2D eigenvalue weighted by atomic mass is 10.2. The van der Waals surface area contributed by atoms with Crippen LogP contribution in [0.25, 0.3) is 0 Å². The Balaban J connectivity index is 1.78. The Bertz CT molecular complexity index is 1020. The van der Waals surface area contributed by atoms with Gasteiger partial charge in [0.1, 0.15) is 5.82 Å². The molecule has 3 rings (SSSR count). The Kier molecular flexibility index (Phi) is 5.99. The SMILES string of the molecule is Cc1cccc(S(=O)(=O)Nc2ccc(N(Cc3ccccc3)C(C)C)nc2)c1. The Morgan fingerprint density at radius 2 is 1.75 bits per heavy atom. The highest BCUT2D eigenvalue weighted by Gasteiger charge is 2.16. The van der Waals surface area contributed by atoms with E-state index in [0.29, 0.717) is 5.69 Å². The minimum Gasteiger partial charge on any atom is -0.350 e. The molecule has 0 saturated heterocycles. The molecule has 6 heteroatoms. The molecule has 3 aromatic rings. The van der Waals surface area contributed by atoms with Gasteiger partial charge in [-0.2, -0.15) is 0 Å². The maximum Gasteiger partial charge on any atom is 0.261 e. The van der Waals surface area contributed by atoms with Gasteiger partial charge in [0.15, 0.2) is 0 Å². The zero-order chi connectivity index (χ0) is 20.1. The molecule has 5 nitrogen and oxygen atoms in total. The van der Waals surface area contributed by atoms with E-state index in [0.717, 1.165) is 17.9 Å². The molecule has 28 heavy (non-hydrogen) atoms. The molecule has 0 aliphatic rings. The first-order valence-corrected chi connectivity index (χ1v) is 10.7. The number of nitrogens with zero attached hydrogens (tertiary/aromatic N) is 2. The molecule has 0 fully saturated rings. The van der Waals surface area contributed by atoms with Crippen LogP contribution in [0.5, 0.6) is 0 Å². The lowest BCUT2D eigenvalue weighted by Gasteiger charge is -2.28. The average Bonchev–Trinajstić information content (AvgIpc) is 2.67. The Morgan fingerprint density at radius 3 is 2.36 bits per heavy atom. The number of anilines is 2. The van der Waals surface area contributed by atoms with E-state index < -0.39 is 10.0 Å². The van der Waals surface area contributed by atoms with Crippen molar-refractivity contribution >= 4 is 21.5 Å². The van der Waals surface area contributed by atoms with Crippen molar-refractivity contribution in [2.75, 3.05) is 9.62 Å². The molecule has 1 heterocycles. The van der Waals surface area contributed by atoms with E-state index in [-0.39, 0.29) is 10.9 Å². The van der Waals surface area contributed by atoms with Crippen LogP contribution in [0.1, 0.15) is 25.0 Å². The van der Waals surface area contributed by atoms with Gasteiger partial charge in [0.05, 0.1) is 16.8 Å². The molecule has 0 bridgehead atoms. The Labute approximate surface area is 167 Å².